The topological polar surface area (TPSA) is 53.4 Å². The number of amides is 1. The number of benzene rings is 1. The predicted octanol–water partition coefficient (Wildman–Crippen LogP) is 2.38. The van der Waals surface area contributed by atoms with E-state index in [0.29, 0.717) is 5.56 Å². The van der Waals surface area contributed by atoms with Gasteiger partial charge in [-0.3, -0.25) is 9.78 Å². The molecule has 1 aromatic carbocycles. The molecule has 1 atom stereocenters. The lowest BCUT2D eigenvalue weighted by atomic mass is 10.1. The maximum atomic E-state index is 12.5. The SMILES string of the molecule is CC1Cc2ccccc2N1C(=O)c1cncc(O)c1. The van der Waals surface area contributed by atoms with Gasteiger partial charge in [-0.15, -0.1) is 0 Å². The molecule has 4 heteroatoms. The highest BCUT2D eigenvalue weighted by molar-refractivity contribution is 6.07. The zero-order chi connectivity index (χ0) is 13.4. The fraction of sp³-hybridized carbons (Fsp3) is 0.200. The molecule has 3 rings (SSSR count). The summed E-state index contributed by atoms with van der Waals surface area (Å²) >= 11 is 0. The molecule has 1 aliphatic heterocycles. The van der Waals surface area contributed by atoms with Crippen LogP contribution in [-0.4, -0.2) is 22.0 Å². The molecule has 1 unspecified atom stereocenters. The first-order chi connectivity index (χ1) is 9.16. The fourth-order valence-electron chi connectivity index (χ4n) is 2.56. The number of fused-ring (bicyclic) bond motifs is 1. The lowest BCUT2D eigenvalue weighted by molar-refractivity contribution is 0.0980. The van der Waals surface area contributed by atoms with E-state index in [4.69, 9.17) is 0 Å². The highest BCUT2D eigenvalue weighted by Gasteiger charge is 2.31. The normalized spacial score (nSPS) is 17.3. The van der Waals surface area contributed by atoms with Crippen LogP contribution in [0.15, 0.2) is 42.7 Å². The Hall–Kier alpha value is -2.36. The summed E-state index contributed by atoms with van der Waals surface area (Å²) in [5.41, 5.74) is 2.53. The molecule has 1 aliphatic rings. The van der Waals surface area contributed by atoms with E-state index in [-0.39, 0.29) is 17.7 Å². The van der Waals surface area contributed by atoms with Crippen LogP contribution in [0.2, 0.25) is 0 Å². The molecule has 0 bridgehead atoms. The number of anilines is 1. The third kappa shape index (κ3) is 1.95. The Morgan fingerprint density at radius 1 is 1.37 bits per heavy atom. The van der Waals surface area contributed by atoms with E-state index >= 15 is 0 Å². The largest absolute Gasteiger partial charge is 0.506 e. The van der Waals surface area contributed by atoms with Crippen LogP contribution in [0, 0.1) is 0 Å². The molecular weight excluding hydrogens is 240 g/mol. The molecule has 0 saturated carbocycles. The number of aromatic hydroxyl groups is 1. The minimum Gasteiger partial charge on any atom is -0.506 e. The molecule has 0 spiro atoms. The first kappa shape index (κ1) is 11.7. The van der Waals surface area contributed by atoms with E-state index in [1.165, 1.54) is 24.0 Å². The average Bonchev–Trinajstić information content (AvgIpc) is 2.74. The maximum absolute atomic E-state index is 12.5. The van der Waals surface area contributed by atoms with Crippen molar-refractivity contribution in [2.75, 3.05) is 4.90 Å². The van der Waals surface area contributed by atoms with Crippen molar-refractivity contribution in [1.29, 1.82) is 0 Å². The molecule has 4 nitrogen and oxygen atoms in total. The molecular formula is C15H14N2O2. The maximum Gasteiger partial charge on any atom is 0.260 e. The molecule has 1 amide bonds. The van der Waals surface area contributed by atoms with Gasteiger partial charge in [-0.25, -0.2) is 0 Å². The first-order valence-electron chi connectivity index (χ1n) is 6.22. The van der Waals surface area contributed by atoms with Gasteiger partial charge in [-0.1, -0.05) is 18.2 Å². The van der Waals surface area contributed by atoms with Crippen molar-refractivity contribution in [3.8, 4) is 5.75 Å². The summed E-state index contributed by atoms with van der Waals surface area (Å²) in [6.07, 6.45) is 3.65. The lowest BCUT2D eigenvalue weighted by Gasteiger charge is -2.22. The monoisotopic (exact) mass is 254 g/mol. The smallest absolute Gasteiger partial charge is 0.260 e. The molecule has 1 N–H and O–H groups in total. The number of carbonyl (C=O) groups is 1. The van der Waals surface area contributed by atoms with Crippen LogP contribution < -0.4 is 4.90 Å². The molecule has 2 heterocycles. The molecule has 1 aromatic heterocycles. The summed E-state index contributed by atoms with van der Waals surface area (Å²) in [6.45, 7) is 2.02. The van der Waals surface area contributed by atoms with Crippen LogP contribution in [0.3, 0.4) is 0 Å². The van der Waals surface area contributed by atoms with Gasteiger partial charge in [-0.05, 0) is 31.0 Å². The summed E-state index contributed by atoms with van der Waals surface area (Å²) in [7, 11) is 0. The zero-order valence-corrected chi connectivity index (χ0v) is 10.6. The fourth-order valence-corrected chi connectivity index (χ4v) is 2.56. The van der Waals surface area contributed by atoms with E-state index < -0.39 is 0 Å². The van der Waals surface area contributed by atoms with Crippen molar-refractivity contribution in [2.45, 2.75) is 19.4 Å². The van der Waals surface area contributed by atoms with Gasteiger partial charge in [-0.2, -0.15) is 0 Å². The molecule has 0 fully saturated rings. The van der Waals surface area contributed by atoms with Crippen molar-refractivity contribution in [3.63, 3.8) is 0 Å². The zero-order valence-electron chi connectivity index (χ0n) is 10.6. The summed E-state index contributed by atoms with van der Waals surface area (Å²) in [5, 5.41) is 9.43. The number of rotatable bonds is 1. The number of pyridine rings is 1. The predicted molar refractivity (Wildman–Crippen MR) is 72.3 cm³/mol. The van der Waals surface area contributed by atoms with Crippen LogP contribution in [0.1, 0.15) is 22.8 Å². The third-order valence-electron chi connectivity index (χ3n) is 3.40. The van der Waals surface area contributed by atoms with Crippen molar-refractivity contribution in [3.05, 3.63) is 53.9 Å². The van der Waals surface area contributed by atoms with Crippen molar-refractivity contribution in [2.24, 2.45) is 0 Å². The Balaban J connectivity index is 2.01. The van der Waals surface area contributed by atoms with Gasteiger partial charge < -0.3 is 10.0 Å². The Morgan fingerprint density at radius 3 is 2.95 bits per heavy atom. The highest BCUT2D eigenvalue weighted by Crippen LogP contribution is 2.33. The molecule has 0 aliphatic carbocycles. The van der Waals surface area contributed by atoms with Gasteiger partial charge in [0.15, 0.2) is 0 Å². The second kappa shape index (κ2) is 4.39. The summed E-state index contributed by atoms with van der Waals surface area (Å²) < 4.78 is 0. The quantitative estimate of drug-likeness (QED) is 0.850. The second-order valence-corrected chi connectivity index (χ2v) is 4.79. The molecule has 96 valence electrons. The van der Waals surface area contributed by atoms with E-state index in [0.717, 1.165) is 12.1 Å². The van der Waals surface area contributed by atoms with Crippen molar-refractivity contribution in [1.82, 2.24) is 4.98 Å². The van der Waals surface area contributed by atoms with E-state index in [1.807, 2.05) is 31.2 Å². The molecule has 19 heavy (non-hydrogen) atoms. The van der Waals surface area contributed by atoms with Gasteiger partial charge in [0, 0.05) is 17.9 Å². The molecule has 0 radical (unpaired) electrons. The van der Waals surface area contributed by atoms with Crippen LogP contribution >= 0.6 is 0 Å². The molecule has 2 aromatic rings. The lowest BCUT2D eigenvalue weighted by Crippen LogP contribution is -2.35. The number of carbonyl (C=O) groups excluding carboxylic acids is 1. The number of aromatic nitrogens is 1. The van der Waals surface area contributed by atoms with Crippen LogP contribution in [0.5, 0.6) is 5.75 Å². The Labute approximate surface area is 111 Å². The Bertz CT molecular complexity index is 640. The van der Waals surface area contributed by atoms with Crippen LogP contribution in [-0.2, 0) is 6.42 Å². The number of hydrogen-bond donors (Lipinski definition) is 1. The molecule has 0 saturated heterocycles. The number of nitrogens with zero attached hydrogens (tertiary/aromatic N) is 2. The Morgan fingerprint density at radius 2 is 2.16 bits per heavy atom. The van der Waals surface area contributed by atoms with E-state index in [1.54, 1.807) is 4.90 Å². The van der Waals surface area contributed by atoms with E-state index in [2.05, 4.69) is 4.98 Å². The van der Waals surface area contributed by atoms with Crippen molar-refractivity contribution >= 4 is 11.6 Å². The Kier molecular flexibility index (Phi) is 2.71. The first-order valence-corrected chi connectivity index (χ1v) is 6.22. The minimum atomic E-state index is -0.124. The third-order valence-corrected chi connectivity index (χ3v) is 3.40. The van der Waals surface area contributed by atoms with Crippen molar-refractivity contribution < 1.29 is 9.90 Å². The van der Waals surface area contributed by atoms with Gasteiger partial charge >= 0.3 is 0 Å². The van der Waals surface area contributed by atoms with Crippen LogP contribution in [0.25, 0.3) is 0 Å². The second-order valence-electron chi connectivity index (χ2n) is 4.79. The van der Waals surface area contributed by atoms with E-state index in [9.17, 15) is 9.90 Å². The van der Waals surface area contributed by atoms with Gasteiger partial charge in [0.05, 0.1) is 11.8 Å². The minimum absolute atomic E-state index is 0.00554. The summed E-state index contributed by atoms with van der Waals surface area (Å²) in [4.78, 5) is 18.2. The van der Waals surface area contributed by atoms with Gasteiger partial charge in [0.2, 0.25) is 0 Å². The standard InChI is InChI=1S/C15H14N2O2/c1-10-6-11-4-2-3-5-14(11)17(10)15(19)12-7-13(18)9-16-8-12/h2-5,7-10,18H,6H2,1H3. The highest BCUT2D eigenvalue weighted by atomic mass is 16.3. The van der Waals surface area contributed by atoms with Crippen LogP contribution in [0.4, 0.5) is 5.69 Å². The summed E-state index contributed by atoms with van der Waals surface area (Å²) in [5.74, 6) is -0.119. The van der Waals surface area contributed by atoms with Gasteiger partial charge in [0.1, 0.15) is 5.75 Å². The van der Waals surface area contributed by atoms with Gasteiger partial charge in [0.25, 0.3) is 5.91 Å². The summed E-state index contributed by atoms with van der Waals surface area (Å²) in [6, 6.07) is 9.47. The number of para-hydroxylation sites is 1. The average molecular weight is 254 g/mol. The number of hydrogen-bond acceptors (Lipinski definition) is 3.